The zero-order valence-corrected chi connectivity index (χ0v) is 15.3. The molecule has 2 aromatic carbocycles. The number of hydrogen-bond acceptors (Lipinski definition) is 4. The van der Waals surface area contributed by atoms with E-state index in [1.165, 1.54) is 6.21 Å². The maximum absolute atomic E-state index is 10.7. The summed E-state index contributed by atoms with van der Waals surface area (Å²) in [5.41, 5.74) is 1.41. The highest BCUT2D eigenvalue weighted by Gasteiger charge is 2.46. The zero-order valence-electron chi connectivity index (χ0n) is 13.7. The second kappa shape index (κ2) is 7.54. The minimum absolute atomic E-state index is 0.167. The average molecular weight is 411 g/mol. The minimum atomic E-state index is -0.993. The molecule has 0 radical (unpaired) electrons. The topological polar surface area (TPSA) is 82.7 Å². The predicted molar refractivity (Wildman–Crippen MR) is 101 cm³/mol. The van der Waals surface area contributed by atoms with E-state index < -0.39 is 11.4 Å². The fourth-order valence-electron chi connectivity index (χ4n) is 3.03. The number of hydrogen-bond donors (Lipinski definition) is 1. The van der Waals surface area contributed by atoms with Crippen molar-refractivity contribution in [2.75, 3.05) is 6.61 Å². The van der Waals surface area contributed by atoms with Crippen molar-refractivity contribution in [3.05, 3.63) is 81.7 Å². The fraction of sp³-hybridized carbons (Fsp3) is 0.150. The molecule has 1 unspecified atom stereocenters. The van der Waals surface area contributed by atoms with Crippen molar-refractivity contribution in [1.29, 1.82) is 5.26 Å². The highest BCUT2D eigenvalue weighted by atomic mass is 79.9. The van der Waals surface area contributed by atoms with Crippen molar-refractivity contribution in [2.45, 2.75) is 11.8 Å². The Kier molecular flexibility index (Phi) is 5.19. The van der Waals surface area contributed by atoms with Crippen LogP contribution in [-0.4, -0.2) is 23.9 Å². The molecule has 1 aliphatic rings. The van der Waals surface area contributed by atoms with E-state index in [0.717, 1.165) is 15.6 Å². The van der Waals surface area contributed by atoms with E-state index in [-0.39, 0.29) is 18.9 Å². The van der Waals surface area contributed by atoms with Gasteiger partial charge in [-0.2, -0.15) is 5.26 Å². The molecule has 0 bridgehead atoms. The van der Waals surface area contributed by atoms with Crippen molar-refractivity contribution >= 4 is 28.1 Å². The summed E-state index contributed by atoms with van der Waals surface area (Å²) in [6.45, 7) is 0.223. The fourth-order valence-corrected chi connectivity index (χ4v) is 3.30. The Morgan fingerprint density at radius 1 is 1.23 bits per heavy atom. The van der Waals surface area contributed by atoms with Crippen molar-refractivity contribution < 1.29 is 14.6 Å². The third-order valence-corrected chi connectivity index (χ3v) is 4.78. The highest BCUT2D eigenvalue weighted by Crippen LogP contribution is 2.45. The smallest absolute Gasteiger partial charge is 0.308 e. The summed E-state index contributed by atoms with van der Waals surface area (Å²) in [6, 6.07) is 19.6. The van der Waals surface area contributed by atoms with E-state index in [1.807, 2.05) is 54.6 Å². The summed E-state index contributed by atoms with van der Waals surface area (Å²) in [5, 5.41) is 18.6. The molecule has 130 valence electrons. The summed E-state index contributed by atoms with van der Waals surface area (Å²) < 4.78 is 6.68. The number of carboxylic acids is 1. The molecular formula is C20H15BrN2O3. The number of carbonyl (C=O) groups is 1. The number of benzene rings is 2. The SMILES string of the molecule is N#CC1=C(N=CCC(=O)O)OCC1(c1ccccc1)c1ccc(Br)cc1. The lowest BCUT2D eigenvalue weighted by Gasteiger charge is -2.28. The minimum Gasteiger partial charge on any atom is -0.481 e. The van der Waals surface area contributed by atoms with E-state index in [9.17, 15) is 10.1 Å². The Balaban J connectivity index is 2.17. The Morgan fingerprint density at radius 3 is 2.50 bits per heavy atom. The molecule has 0 saturated carbocycles. The lowest BCUT2D eigenvalue weighted by molar-refractivity contribution is -0.135. The summed E-state index contributed by atoms with van der Waals surface area (Å²) >= 11 is 3.43. The molecule has 0 aliphatic carbocycles. The van der Waals surface area contributed by atoms with Crippen LogP contribution in [0.2, 0.25) is 0 Å². The van der Waals surface area contributed by atoms with E-state index in [2.05, 4.69) is 27.0 Å². The number of nitrogens with zero attached hydrogens (tertiary/aromatic N) is 2. The molecule has 0 fully saturated rings. The van der Waals surface area contributed by atoms with Gasteiger partial charge in [0.1, 0.15) is 18.2 Å². The molecular weight excluding hydrogens is 396 g/mol. The van der Waals surface area contributed by atoms with Gasteiger partial charge in [0.15, 0.2) is 0 Å². The molecule has 1 heterocycles. The lowest BCUT2D eigenvalue weighted by atomic mass is 9.71. The van der Waals surface area contributed by atoms with Crippen LogP contribution in [0.25, 0.3) is 0 Å². The van der Waals surface area contributed by atoms with Crippen molar-refractivity contribution in [1.82, 2.24) is 0 Å². The number of aliphatic carboxylic acids is 1. The molecule has 6 heteroatoms. The first-order valence-electron chi connectivity index (χ1n) is 7.91. The maximum Gasteiger partial charge on any atom is 0.308 e. The largest absolute Gasteiger partial charge is 0.481 e. The third-order valence-electron chi connectivity index (χ3n) is 4.26. The number of rotatable bonds is 5. The number of halogens is 1. The summed E-state index contributed by atoms with van der Waals surface area (Å²) in [4.78, 5) is 14.8. The van der Waals surface area contributed by atoms with Crippen molar-refractivity contribution in [3.8, 4) is 6.07 Å². The molecule has 1 N–H and O–H groups in total. The van der Waals surface area contributed by atoms with Crippen molar-refractivity contribution in [3.63, 3.8) is 0 Å². The molecule has 3 rings (SSSR count). The number of aliphatic imine (C=N–C) groups is 1. The van der Waals surface area contributed by atoms with Crippen LogP contribution < -0.4 is 0 Å². The molecule has 26 heavy (non-hydrogen) atoms. The van der Waals surface area contributed by atoms with E-state index in [0.29, 0.717) is 5.57 Å². The monoisotopic (exact) mass is 410 g/mol. The Labute approximate surface area is 159 Å². The Morgan fingerprint density at radius 2 is 1.88 bits per heavy atom. The highest BCUT2D eigenvalue weighted by molar-refractivity contribution is 9.10. The summed E-state index contributed by atoms with van der Waals surface area (Å²) in [6.07, 6.45) is 1.01. The molecule has 5 nitrogen and oxygen atoms in total. The van der Waals surface area contributed by atoms with Crippen LogP contribution in [0.3, 0.4) is 0 Å². The Bertz CT molecular complexity index is 914. The standard InChI is InChI=1S/C20H15BrN2O3/c21-16-8-6-15(7-9-16)20(14-4-2-1-3-5-14)13-26-19(17(20)12-22)23-11-10-18(24)25/h1-9,11H,10,13H2,(H,24,25). The number of nitriles is 1. The lowest BCUT2D eigenvalue weighted by Crippen LogP contribution is -2.31. The summed E-state index contributed by atoms with van der Waals surface area (Å²) in [7, 11) is 0. The van der Waals surface area contributed by atoms with E-state index in [4.69, 9.17) is 9.84 Å². The van der Waals surface area contributed by atoms with Gasteiger partial charge in [-0.1, -0.05) is 58.4 Å². The maximum atomic E-state index is 10.7. The van der Waals surface area contributed by atoms with Gasteiger partial charge in [0.25, 0.3) is 0 Å². The van der Waals surface area contributed by atoms with E-state index in [1.54, 1.807) is 0 Å². The molecule has 2 aromatic rings. The summed E-state index contributed by atoms with van der Waals surface area (Å²) in [5.74, 6) is -0.825. The van der Waals surface area contributed by atoms with Crippen LogP contribution >= 0.6 is 15.9 Å². The quantitative estimate of drug-likeness (QED) is 0.753. The third kappa shape index (κ3) is 3.26. The van der Waals surface area contributed by atoms with Gasteiger partial charge in [-0.05, 0) is 23.3 Å². The van der Waals surface area contributed by atoms with Crippen LogP contribution in [0.15, 0.2) is 75.5 Å². The molecule has 0 amide bonds. The van der Waals surface area contributed by atoms with Gasteiger partial charge in [0.05, 0.1) is 11.8 Å². The van der Waals surface area contributed by atoms with Gasteiger partial charge in [0.2, 0.25) is 5.88 Å². The van der Waals surface area contributed by atoms with Crippen LogP contribution in [0.1, 0.15) is 17.5 Å². The number of carboxylic acid groups (broad SMARTS) is 1. The zero-order chi connectivity index (χ0) is 18.6. The van der Waals surface area contributed by atoms with Crippen LogP contribution in [0.4, 0.5) is 0 Å². The molecule has 1 atom stereocenters. The second-order valence-corrected chi connectivity index (χ2v) is 6.68. The Hall–Kier alpha value is -2.91. The second-order valence-electron chi connectivity index (χ2n) is 5.77. The van der Waals surface area contributed by atoms with Crippen LogP contribution in [0, 0.1) is 11.3 Å². The van der Waals surface area contributed by atoms with Gasteiger partial charge >= 0.3 is 5.97 Å². The van der Waals surface area contributed by atoms with Gasteiger partial charge in [-0.3, -0.25) is 4.79 Å². The molecule has 0 aromatic heterocycles. The molecule has 0 saturated heterocycles. The van der Waals surface area contributed by atoms with Gasteiger partial charge < -0.3 is 9.84 Å². The van der Waals surface area contributed by atoms with Gasteiger partial charge in [0, 0.05) is 10.7 Å². The van der Waals surface area contributed by atoms with Gasteiger partial charge in [-0.15, -0.1) is 0 Å². The first kappa shape index (κ1) is 17.9. The normalized spacial score (nSPS) is 19.4. The van der Waals surface area contributed by atoms with Crippen LogP contribution in [0.5, 0.6) is 0 Å². The molecule has 1 aliphatic heterocycles. The van der Waals surface area contributed by atoms with Crippen LogP contribution in [-0.2, 0) is 14.9 Å². The molecule has 0 spiro atoms. The van der Waals surface area contributed by atoms with Gasteiger partial charge in [-0.25, -0.2) is 4.99 Å². The average Bonchev–Trinajstić information content (AvgIpc) is 3.02. The van der Waals surface area contributed by atoms with E-state index >= 15 is 0 Å². The van der Waals surface area contributed by atoms with Crippen molar-refractivity contribution in [2.24, 2.45) is 4.99 Å². The first-order chi connectivity index (χ1) is 12.6. The first-order valence-corrected chi connectivity index (χ1v) is 8.71. The number of ether oxygens (including phenoxy) is 1. The predicted octanol–water partition coefficient (Wildman–Crippen LogP) is 4.05.